The summed E-state index contributed by atoms with van der Waals surface area (Å²) in [6.45, 7) is 2.84. The molecular weight excluding hydrogens is 367 g/mol. The fourth-order valence-corrected chi connectivity index (χ4v) is 2.52. The third-order valence-electron chi connectivity index (χ3n) is 3.46. The minimum Gasteiger partial charge on any atom is -0.448 e. The van der Waals surface area contributed by atoms with Gasteiger partial charge in [0.15, 0.2) is 11.9 Å². The van der Waals surface area contributed by atoms with Crippen LogP contribution >= 0.6 is 23.2 Å². The third-order valence-corrected chi connectivity index (χ3v) is 4.01. The topological polar surface area (TPSA) is 77.4 Å². The van der Waals surface area contributed by atoms with E-state index in [1.54, 1.807) is 19.2 Å². The van der Waals surface area contributed by atoms with Crippen LogP contribution in [0.1, 0.15) is 34.7 Å². The number of carbonyl (C=O) groups excluding carboxylic acids is 3. The Morgan fingerprint density at radius 2 is 1.88 bits per heavy atom. The lowest BCUT2D eigenvalue weighted by Gasteiger charge is -2.14. The molecule has 1 aromatic heterocycles. The highest BCUT2D eigenvalue weighted by Gasteiger charge is 2.22. The lowest BCUT2D eigenvalue weighted by molar-refractivity contribution is -0.123. The van der Waals surface area contributed by atoms with Crippen molar-refractivity contribution in [3.8, 4) is 0 Å². The number of hydrogen-bond donors (Lipinski definition) is 1. The Hall–Kier alpha value is -2.31. The number of nitrogens with one attached hydrogen (secondary N) is 1. The van der Waals surface area contributed by atoms with Crippen molar-refractivity contribution in [2.75, 3.05) is 5.32 Å². The number of esters is 1. The number of ether oxygens (including phenoxy) is 1. The van der Waals surface area contributed by atoms with Gasteiger partial charge >= 0.3 is 5.97 Å². The minimum atomic E-state index is -1.06. The first-order chi connectivity index (χ1) is 11.7. The fourth-order valence-electron chi connectivity index (χ4n) is 2.06. The first kappa shape index (κ1) is 19.0. The number of rotatable bonds is 5. The first-order valence-electron chi connectivity index (χ1n) is 7.33. The summed E-state index contributed by atoms with van der Waals surface area (Å²) in [5.41, 5.74) is 0.922. The van der Waals surface area contributed by atoms with Crippen LogP contribution in [0, 0.1) is 0 Å². The molecule has 6 nitrogen and oxygen atoms in total. The zero-order valence-electron chi connectivity index (χ0n) is 13.8. The number of hydrogen-bond acceptors (Lipinski definition) is 4. The molecule has 0 fully saturated rings. The Labute approximate surface area is 154 Å². The van der Waals surface area contributed by atoms with Crippen molar-refractivity contribution in [1.29, 1.82) is 0 Å². The molecule has 132 valence electrons. The molecule has 0 aliphatic heterocycles. The van der Waals surface area contributed by atoms with Gasteiger partial charge in [0.05, 0.1) is 10.7 Å². The molecule has 0 aliphatic carbocycles. The minimum absolute atomic E-state index is 0.169. The molecule has 1 atom stereocenters. The summed E-state index contributed by atoms with van der Waals surface area (Å²) in [5, 5.41) is 3.27. The normalized spacial score (nSPS) is 11.7. The van der Waals surface area contributed by atoms with Crippen molar-refractivity contribution in [2.24, 2.45) is 7.05 Å². The predicted octanol–water partition coefficient (Wildman–Crippen LogP) is 3.72. The number of amides is 1. The van der Waals surface area contributed by atoms with E-state index in [4.69, 9.17) is 27.9 Å². The van der Waals surface area contributed by atoms with E-state index in [0.717, 1.165) is 0 Å². The zero-order chi connectivity index (χ0) is 18.7. The van der Waals surface area contributed by atoms with Gasteiger partial charge in [-0.05, 0) is 38.1 Å². The Bertz CT molecular complexity index is 845. The van der Waals surface area contributed by atoms with Gasteiger partial charge < -0.3 is 14.6 Å². The van der Waals surface area contributed by atoms with Gasteiger partial charge in [0.1, 0.15) is 5.69 Å². The van der Waals surface area contributed by atoms with Gasteiger partial charge in [-0.1, -0.05) is 23.2 Å². The molecule has 0 bridgehead atoms. The highest BCUT2D eigenvalue weighted by Crippen LogP contribution is 2.25. The van der Waals surface area contributed by atoms with E-state index in [1.807, 2.05) is 0 Å². The van der Waals surface area contributed by atoms with Crippen LogP contribution in [0.15, 0.2) is 30.5 Å². The SMILES string of the molecule is CC(=O)c1cc(C(=O)O[C@@H](C)C(=O)Nc2ccc(Cl)cc2Cl)n(C)c1. The molecule has 0 spiro atoms. The molecule has 1 N–H and O–H groups in total. The van der Waals surface area contributed by atoms with Gasteiger partial charge in [-0.25, -0.2) is 4.79 Å². The van der Waals surface area contributed by atoms with Crippen LogP contribution in [-0.2, 0) is 16.6 Å². The molecule has 0 saturated heterocycles. The van der Waals surface area contributed by atoms with E-state index in [1.165, 1.54) is 36.7 Å². The number of aromatic nitrogens is 1. The molecule has 0 aliphatic rings. The maximum atomic E-state index is 12.2. The average molecular weight is 383 g/mol. The largest absolute Gasteiger partial charge is 0.448 e. The summed E-state index contributed by atoms with van der Waals surface area (Å²) < 4.78 is 6.63. The van der Waals surface area contributed by atoms with Gasteiger partial charge in [-0.15, -0.1) is 0 Å². The molecule has 2 aromatic rings. The number of aryl methyl sites for hydroxylation is 1. The summed E-state index contributed by atoms with van der Waals surface area (Å²) in [6, 6.07) is 6.04. The average Bonchev–Trinajstić information content (AvgIpc) is 2.92. The van der Waals surface area contributed by atoms with Crippen LogP contribution in [0.2, 0.25) is 10.0 Å². The van der Waals surface area contributed by atoms with E-state index < -0.39 is 18.0 Å². The second-order valence-electron chi connectivity index (χ2n) is 5.44. The third kappa shape index (κ3) is 4.61. The van der Waals surface area contributed by atoms with Gasteiger partial charge in [0.25, 0.3) is 5.91 Å². The van der Waals surface area contributed by atoms with Crippen LogP contribution in [0.5, 0.6) is 0 Å². The van der Waals surface area contributed by atoms with Crippen molar-refractivity contribution in [3.05, 3.63) is 51.8 Å². The molecule has 2 rings (SSSR count). The summed E-state index contributed by atoms with van der Waals surface area (Å²) in [4.78, 5) is 35.7. The monoisotopic (exact) mass is 382 g/mol. The predicted molar refractivity (Wildman–Crippen MR) is 95.4 cm³/mol. The fraction of sp³-hybridized carbons (Fsp3) is 0.235. The van der Waals surface area contributed by atoms with Crippen LogP contribution in [0.3, 0.4) is 0 Å². The van der Waals surface area contributed by atoms with Crippen LogP contribution in [-0.4, -0.2) is 28.3 Å². The Morgan fingerprint density at radius 3 is 2.44 bits per heavy atom. The summed E-state index contributed by atoms with van der Waals surface area (Å²) in [6.07, 6.45) is 0.465. The van der Waals surface area contributed by atoms with Crippen molar-refractivity contribution >= 4 is 46.5 Å². The molecule has 25 heavy (non-hydrogen) atoms. The lowest BCUT2D eigenvalue weighted by Crippen LogP contribution is -2.30. The summed E-state index contributed by atoms with van der Waals surface area (Å²) in [5.74, 6) is -1.42. The van der Waals surface area contributed by atoms with Crippen molar-refractivity contribution < 1.29 is 19.1 Å². The highest BCUT2D eigenvalue weighted by molar-refractivity contribution is 6.36. The molecule has 0 radical (unpaired) electrons. The van der Waals surface area contributed by atoms with E-state index in [9.17, 15) is 14.4 Å². The van der Waals surface area contributed by atoms with Crippen molar-refractivity contribution in [3.63, 3.8) is 0 Å². The number of carbonyl (C=O) groups is 3. The highest BCUT2D eigenvalue weighted by atomic mass is 35.5. The quantitative estimate of drug-likeness (QED) is 0.631. The van der Waals surface area contributed by atoms with E-state index in [0.29, 0.717) is 16.3 Å². The molecule has 8 heteroatoms. The number of halogens is 2. The molecular formula is C17H16Cl2N2O4. The molecule has 1 heterocycles. The first-order valence-corrected chi connectivity index (χ1v) is 8.09. The number of ketones is 1. The Kier molecular flexibility index (Phi) is 5.87. The lowest BCUT2D eigenvalue weighted by atomic mass is 10.2. The maximum Gasteiger partial charge on any atom is 0.355 e. The smallest absolute Gasteiger partial charge is 0.355 e. The second-order valence-corrected chi connectivity index (χ2v) is 6.29. The second kappa shape index (κ2) is 7.72. The Balaban J connectivity index is 2.05. The standard InChI is InChI=1S/C17H16Cl2N2O4/c1-9(22)11-6-15(21(3)8-11)17(24)25-10(2)16(23)20-14-5-4-12(18)7-13(14)19/h4-8,10H,1-3H3,(H,20,23)/t10-/m0/s1. The molecule has 1 amide bonds. The van der Waals surface area contributed by atoms with Gasteiger partial charge in [0.2, 0.25) is 0 Å². The molecule has 1 aromatic carbocycles. The van der Waals surface area contributed by atoms with E-state index in [2.05, 4.69) is 5.32 Å². The van der Waals surface area contributed by atoms with Crippen LogP contribution in [0.25, 0.3) is 0 Å². The van der Waals surface area contributed by atoms with Gasteiger partial charge in [-0.2, -0.15) is 0 Å². The van der Waals surface area contributed by atoms with Crippen LogP contribution < -0.4 is 5.32 Å². The van der Waals surface area contributed by atoms with Gasteiger partial charge in [-0.3, -0.25) is 9.59 Å². The van der Waals surface area contributed by atoms with Crippen molar-refractivity contribution in [2.45, 2.75) is 20.0 Å². The number of anilines is 1. The van der Waals surface area contributed by atoms with Gasteiger partial charge in [0, 0.05) is 23.8 Å². The number of Topliss-reactive ketones (excluding diaryl/α,β-unsaturated/α-hetero) is 1. The van der Waals surface area contributed by atoms with Crippen molar-refractivity contribution in [1.82, 2.24) is 4.57 Å². The zero-order valence-corrected chi connectivity index (χ0v) is 15.3. The summed E-state index contributed by atoms with van der Waals surface area (Å²) in [7, 11) is 1.61. The van der Waals surface area contributed by atoms with E-state index in [-0.39, 0.29) is 16.5 Å². The maximum absolute atomic E-state index is 12.2. The Morgan fingerprint density at radius 1 is 1.20 bits per heavy atom. The summed E-state index contributed by atoms with van der Waals surface area (Å²) >= 11 is 11.8. The van der Waals surface area contributed by atoms with E-state index >= 15 is 0 Å². The molecule has 0 saturated carbocycles. The number of benzene rings is 1. The van der Waals surface area contributed by atoms with Crippen LogP contribution in [0.4, 0.5) is 5.69 Å². The molecule has 0 unspecified atom stereocenters. The number of nitrogens with zero attached hydrogens (tertiary/aromatic N) is 1.